The summed E-state index contributed by atoms with van der Waals surface area (Å²) in [5.41, 5.74) is 1.07. The second kappa shape index (κ2) is 17.3. The molecule has 10 heteroatoms. The summed E-state index contributed by atoms with van der Waals surface area (Å²) in [6.07, 6.45) is 1.96. The normalized spacial score (nSPS) is 10.4. The Morgan fingerprint density at radius 1 is 0.800 bits per heavy atom. The van der Waals surface area contributed by atoms with Crippen LogP contribution in [0.2, 0.25) is 0 Å². The molecule has 168 valence electrons. The van der Waals surface area contributed by atoms with E-state index in [9.17, 15) is 14.4 Å². The van der Waals surface area contributed by atoms with Gasteiger partial charge in [-0.15, -0.1) is 0 Å². The summed E-state index contributed by atoms with van der Waals surface area (Å²) in [6, 6.07) is 4.55. The van der Waals surface area contributed by atoms with Crippen molar-refractivity contribution in [3.8, 4) is 0 Å². The van der Waals surface area contributed by atoms with Gasteiger partial charge in [-0.25, -0.2) is 0 Å². The number of carbonyl (C=O) groups is 3. The van der Waals surface area contributed by atoms with E-state index in [1.807, 2.05) is 0 Å². The average Bonchev–Trinajstić information content (AvgIpc) is 2.75. The smallest absolute Gasteiger partial charge is 0.251 e. The lowest BCUT2D eigenvalue weighted by molar-refractivity contribution is -0.106. The van der Waals surface area contributed by atoms with Gasteiger partial charge in [0.05, 0.1) is 57.6 Å². The molecule has 1 aromatic rings. The molecular weight excluding hydrogens is 394 g/mol. The Morgan fingerprint density at radius 2 is 1.33 bits per heavy atom. The van der Waals surface area contributed by atoms with Crippen molar-refractivity contribution in [2.75, 3.05) is 70.0 Å². The van der Waals surface area contributed by atoms with Crippen LogP contribution in [-0.4, -0.2) is 78.1 Å². The molecule has 1 rings (SSSR count). The monoisotopic (exact) mass is 425 g/mol. The Labute approximate surface area is 176 Å². The zero-order valence-corrected chi connectivity index (χ0v) is 17.3. The molecule has 0 aliphatic heterocycles. The highest BCUT2D eigenvalue weighted by atomic mass is 16.6. The van der Waals surface area contributed by atoms with Crippen LogP contribution in [0.25, 0.3) is 0 Å². The zero-order valence-electron chi connectivity index (χ0n) is 17.3. The molecular formula is C20H31N3O7. The van der Waals surface area contributed by atoms with Gasteiger partial charge in [0.2, 0.25) is 12.8 Å². The predicted molar refractivity (Wildman–Crippen MR) is 112 cm³/mol. The topological polar surface area (TPSA) is 124 Å². The molecule has 0 fully saturated rings. The first-order valence-electron chi connectivity index (χ1n) is 9.86. The second-order valence-corrected chi connectivity index (χ2v) is 5.99. The molecule has 0 aliphatic rings. The fraction of sp³-hybridized carbons (Fsp3) is 0.550. The molecule has 0 unspecified atom stereocenters. The summed E-state index contributed by atoms with van der Waals surface area (Å²) in [6.45, 7) is 6.47. The Bertz CT molecular complexity index is 628. The van der Waals surface area contributed by atoms with Crippen molar-refractivity contribution in [2.45, 2.75) is 13.3 Å². The van der Waals surface area contributed by atoms with Gasteiger partial charge in [0.25, 0.3) is 5.91 Å². The molecule has 3 amide bonds. The van der Waals surface area contributed by atoms with Crippen molar-refractivity contribution >= 4 is 30.1 Å². The van der Waals surface area contributed by atoms with Gasteiger partial charge in [0.1, 0.15) is 0 Å². The molecule has 0 saturated carbocycles. The minimum absolute atomic E-state index is 0.318. The van der Waals surface area contributed by atoms with E-state index in [2.05, 4.69) is 22.9 Å². The van der Waals surface area contributed by atoms with Crippen LogP contribution >= 0.6 is 0 Å². The third kappa shape index (κ3) is 11.5. The van der Waals surface area contributed by atoms with Gasteiger partial charge in [0.15, 0.2) is 0 Å². The molecule has 0 saturated heterocycles. The van der Waals surface area contributed by atoms with Gasteiger partial charge in [-0.2, -0.15) is 0 Å². The number of anilines is 2. The lowest BCUT2D eigenvalue weighted by Crippen LogP contribution is -2.27. The fourth-order valence-corrected chi connectivity index (χ4v) is 2.30. The number of hydrogen-bond donors (Lipinski definition) is 3. The summed E-state index contributed by atoms with van der Waals surface area (Å²) < 4.78 is 21.4. The van der Waals surface area contributed by atoms with Crippen molar-refractivity contribution in [1.29, 1.82) is 0 Å². The highest BCUT2D eigenvalue weighted by Crippen LogP contribution is 2.22. The van der Waals surface area contributed by atoms with E-state index in [0.717, 1.165) is 13.0 Å². The van der Waals surface area contributed by atoms with E-state index in [4.69, 9.17) is 18.9 Å². The number of nitrogens with one attached hydrogen (secondary N) is 3. The van der Waals surface area contributed by atoms with E-state index >= 15 is 0 Å². The first kappa shape index (κ1) is 25.5. The van der Waals surface area contributed by atoms with Crippen molar-refractivity contribution in [3.63, 3.8) is 0 Å². The maximum Gasteiger partial charge on any atom is 0.251 e. The number of ether oxygens (including phenoxy) is 4. The van der Waals surface area contributed by atoms with Gasteiger partial charge in [-0.3, -0.25) is 14.4 Å². The lowest BCUT2D eigenvalue weighted by atomic mass is 10.1. The quantitative estimate of drug-likeness (QED) is 0.223. The Kier molecular flexibility index (Phi) is 14.7. The van der Waals surface area contributed by atoms with E-state index in [0.29, 0.717) is 82.6 Å². The Hall–Kier alpha value is -2.53. The number of amides is 3. The highest BCUT2D eigenvalue weighted by molar-refractivity contribution is 5.98. The molecule has 0 atom stereocenters. The summed E-state index contributed by atoms with van der Waals surface area (Å²) in [5, 5.41) is 7.60. The van der Waals surface area contributed by atoms with Crippen LogP contribution in [0.1, 0.15) is 23.7 Å². The van der Waals surface area contributed by atoms with Gasteiger partial charge in [-0.05, 0) is 24.6 Å². The maximum atomic E-state index is 12.2. The minimum Gasteiger partial charge on any atom is -0.379 e. The lowest BCUT2D eigenvalue weighted by Gasteiger charge is -2.10. The summed E-state index contributed by atoms with van der Waals surface area (Å²) in [5.74, 6) is -0.318. The van der Waals surface area contributed by atoms with E-state index < -0.39 is 0 Å². The molecule has 0 heterocycles. The van der Waals surface area contributed by atoms with Gasteiger partial charge < -0.3 is 34.9 Å². The van der Waals surface area contributed by atoms with Crippen LogP contribution in [0.4, 0.5) is 11.4 Å². The van der Waals surface area contributed by atoms with Crippen LogP contribution in [0.5, 0.6) is 0 Å². The maximum absolute atomic E-state index is 12.2. The summed E-state index contributed by atoms with van der Waals surface area (Å²) in [7, 11) is 0. The standard InChI is InChI=1S/C20H31N3O7/c1-2-6-27-8-10-29-12-13-30-11-9-28-7-5-21-20(26)17-3-4-18(22-15-24)19(14-17)23-16-25/h3-4,14-16H,2,5-13H2,1H3,(H,21,26)(H,22,24)(H,23,25). The third-order valence-corrected chi connectivity index (χ3v) is 3.71. The Morgan fingerprint density at radius 3 is 1.90 bits per heavy atom. The fourth-order valence-electron chi connectivity index (χ4n) is 2.30. The van der Waals surface area contributed by atoms with E-state index in [-0.39, 0.29) is 5.91 Å². The van der Waals surface area contributed by atoms with Crippen molar-refractivity contribution in [1.82, 2.24) is 5.32 Å². The van der Waals surface area contributed by atoms with Crippen LogP contribution in [0.15, 0.2) is 18.2 Å². The van der Waals surface area contributed by atoms with Gasteiger partial charge >= 0.3 is 0 Å². The molecule has 30 heavy (non-hydrogen) atoms. The molecule has 0 bridgehead atoms. The van der Waals surface area contributed by atoms with E-state index in [1.54, 1.807) is 6.07 Å². The number of hydrogen-bond acceptors (Lipinski definition) is 7. The van der Waals surface area contributed by atoms with Crippen molar-refractivity contribution in [2.24, 2.45) is 0 Å². The molecule has 10 nitrogen and oxygen atoms in total. The van der Waals surface area contributed by atoms with Gasteiger partial charge in [0, 0.05) is 18.7 Å². The number of benzene rings is 1. The predicted octanol–water partition coefficient (Wildman–Crippen LogP) is 1.03. The molecule has 0 aromatic heterocycles. The molecule has 0 spiro atoms. The summed E-state index contributed by atoms with van der Waals surface area (Å²) >= 11 is 0. The van der Waals surface area contributed by atoms with Crippen molar-refractivity contribution in [3.05, 3.63) is 23.8 Å². The van der Waals surface area contributed by atoms with Crippen LogP contribution in [-0.2, 0) is 28.5 Å². The third-order valence-electron chi connectivity index (χ3n) is 3.71. The van der Waals surface area contributed by atoms with Crippen molar-refractivity contribution < 1.29 is 33.3 Å². The minimum atomic E-state index is -0.318. The second-order valence-electron chi connectivity index (χ2n) is 5.99. The molecule has 3 N–H and O–H groups in total. The van der Waals surface area contributed by atoms with Crippen LogP contribution in [0, 0.1) is 0 Å². The Balaban J connectivity index is 2.09. The zero-order chi connectivity index (χ0) is 21.9. The molecule has 0 radical (unpaired) electrons. The van der Waals surface area contributed by atoms with E-state index in [1.165, 1.54) is 12.1 Å². The molecule has 0 aliphatic carbocycles. The highest BCUT2D eigenvalue weighted by Gasteiger charge is 2.09. The first-order valence-corrected chi connectivity index (χ1v) is 9.86. The summed E-state index contributed by atoms with van der Waals surface area (Å²) in [4.78, 5) is 33.4. The van der Waals surface area contributed by atoms with Gasteiger partial charge in [-0.1, -0.05) is 6.92 Å². The number of carbonyl (C=O) groups excluding carboxylic acids is 3. The average molecular weight is 425 g/mol. The first-order chi connectivity index (χ1) is 14.7. The van der Waals surface area contributed by atoms with Crippen LogP contribution in [0.3, 0.4) is 0 Å². The molecule has 1 aromatic carbocycles. The number of rotatable bonds is 19. The SMILES string of the molecule is CCCOCCOCCOCCOCCNC(=O)c1ccc(NC=O)c(NC=O)c1. The largest absolute Gasteiger partial charge is 0.379 e. The van der Waals surface area contributed by atoms with Crippen LogP contribution < -0.4 is 16.0 Å².